The lowest BCUT2D eigenvalue weighted by Gasteiger charge is -2.29. The lowest BCUT2D eigenvalue weighted by atomic mass is 10.1. The monoisotopic (exact) mass is 188 g/mol. The van der Waals surface area contributed by atoms with Crippen molar-refractivity contribution < 1.29 is 0 Å². The minimum atomic E-state index is 0.514. The van der Waals surface area contributed by atoms with E-state index in [9.17, 15) is 0 Å². The van der Waals surface area contributed by atoms with Crippen LogP contribution in [0.1, 0.15) is 12.5 Å². The molecular formula is C12H16N2. The molecule has 1 atom stereocenters. The van der Waals surface area contributed by atoms with Crippen LogP contribution in [0.15, 0.2) is 36.7 Å². The molecule has 0 bridgehead atoms. The summed E-state index contributed by atoms with van der Waals surface area (Å²) in [6, 6.07) is 8.99. The molecule has 0 saturated carbocycles. The fourth-order valence-corrected chi connectivity index (χ4v) is 1.77. The van der Waals surface area contributed by atoms with Gasteiger partial charge in [-0.2, -0.15) is 0 Å². The van der Waals surface area contributed by atoms with E-state index in [0.717, 1.165) is 6.54 Å². The SMILES string of the molecule is Cc1ccccc1N1C=CN[C@@H](C)C1. The van der Waals surface area contributed by atoms with E-state index in [0.29, 0.717) is 6.04 Å². The molecule has 1 N–H and O–H groups in total. The van der Waals surface area contributed by atoms with Crippen molar-refractivity contribution in [2.24, 2.45) is 0 Å². The zero-order chi connectivity index (χ0) is 9.97. The van der Waals surface area contributed by atoms with Crippen LogP contribution in [0.2, 0.25) is 0 Å². The van der Waals surface area contributed by atoms with Crippen LogP contribution < -0.4 is 10.2 Å². The molecule has 0 saturated heterocycles. The van der Waals surface area contributed by atoms with E-state index < -0.39 is 0 Å². The molecule has 14 heavy (non-hydrogen) atoms. The second-order valence-corrected chi connectivity index (χ2v) is 3.82. The van der Waals surface area contributed by atoms with Gasteiger partial charge in [-0.05, 0) is 25.5 Å². The Hall–Kier alpha value is -1.44. The van der Waals surface area contributed by atoms with Gasteiger partial charge in [-0.15, -0.1) is 0 Å². The Morgan fingerprint density at radius 2 is 2.14 bits per heavy atom. The Kier molecular flexibility index (Phi) is 2.44. The predicted octanol–water partition coefficient (Wildman–Crippen LogP) is 2.26. The molecule has 0 unspecified atom stereocenters. The number of rotatable bonds is 1. The van der Waals surface area contributed by atoms with Crippen LogP contribution in [-0.2, 0) is 0 Å². The first-order chi connectivity index (χ1) is 6.77. The summed E-state index contributed by atoms with van der Waals surface area (Å²) in [7, 11) is 0. The first-order valence-corrected chi connectivity index (χ1v) is 5.02. The van der Waals surface area contributed by atoms with E-state index in [4.69, 9.17) is 0 Å². The zero-order valence-corrected chi connectivity index (χ0v) is 8.70. The van der Waals surface area contributed by atoms with Gasteiger partial charge in [0.2, 0.25) is 0 Å². The Bertz CT molecular complexity index is 344. The molecule has 2 heteroatoms. The molecule has 1 aromatic carbocycles. The number of hydrogen-bond acceptors (Lipinski definition) is 2. The number of hydrogen-bond donors (Lipinski definition) is 1. The second kappa shape index (κ2) is 3.74. The summed E-state index contributed by atoms with van der Waals surface area (Å²) in [5.74, 6) is 0. The number of benzene rings is 1. The fraction of sp³-hybridized carbons (Fsp3) is 0.333. The van der Waals surface area contributed by atoms with E-state index in [-0.39, 0.29) is 0 Å². The van der Waals surface area contributed by atoms with Gasteiger partial charge >= 0.3 is 0 Å². The van der Waals surface area contributed by atoms with Crippen LogP contribution in [0.3, 0.4) is 0 Å². The van der Waals surface area contributed by atoms with Crippen molar-refractivity contribution in [3.05, 3.63) is 42.2 Å². The molecule has 0 aromatic heterocycles. The first-order valence-electron chi connectivity index (χ1n) is 5.02. The van der Waals surface area contributed by atoms with Gasteiger partial charge in [0, 0.05) is 30.7 Å². The highest BCUT2D eigenvalue weighted by Crippen LogP contribution is 2.20. The molecule has 1 heterocycles. The Labute approximate surface area is 85.2 Å². The molecule has 0 fully saturated rings. The average Bonchev–Trinajstić information content (AvgIpc) is 2.18. The van der Waals surface area contributed by atoms with Crippen molar-refractivity contribution >= 4 is 5.69 Å². The summed E-state index contributed by atoms with van der Waals surface area (Å²) in [6.07, 6.45) is 4.11. The van der Waals surface area contributed by atoms with E-state index in [1.165, 1.54) is 11.3 Å². The third-order valence-electron chi connectivity index (χ3n) is 2.53. The number of aryl methyl sites for hydroxylation is 1. The summed E-state index contributed by atoms with van der Waals surface area (Å²) in [5.41, 5.74) is 2.63. The molecule has 1 aliphatic heterocycles. The average molecular weight is 188 g/mol. The van der Waals surface area contributed by atoms with Crippen molar-refractivity contribution in [2.75, 3.05) is 11.4 Å². The van der Waals surface area contributed by atoms with Gasteiger partial charge in [0.1, 0.15) is 0 Å². The molecule has 2 rings (SSSR count). The Balaban J connectivity index is 2.27. The highest BCUT2D eigenvalue weighted by Gasteiger charge is 2.12. The fourth-order valence-electron chi connectivity index (χ4n) is 1.77. The molecule has 0 amide bonds. The second-order valence-electron chi connectivity index (χ2n) is 3.82. The molecule has 74 valence electrons. The Morgan fingerprint density at radius 1 is 1.36 bits per heavy atom. The zero-order valence-electron chi connectivity index (χ0n) is 8.70. The normalized spacial score (nSPS) is 20.7. The third kappa shape index (κ3) is 1.74. The number of nitrogens with one attached hydrogen (secondary N) is 1. The van der Waals surface area contributed by atoms with E-state index in [2.05, 4.69) is 54.5 Å². The highest BCUT2D eigenvalue weighted by molar-refractivity contribution is 5.55. The molecule has 0 aliphatic carbocycles. The molecule has 0 radical (unpaired) electrons. The highest BCUT2D eigenvalue weighted by atomic mass is 15.2. The largest absolute Gasteiger partial charge is 0.385 e. The summed E-state index contributed by atoms with van der Waals surface area (Å²) in [5, 5.41) is 3.28. The third-order valence-corrected chi connectivity index (χ3v) is 2.53. The maximum absolute atomic E-state index is 3.28. The topological polar surface area (TPSA) is 15.3 Å². The Morgan fingerprint density at radius 3 is 2.86 bits per heavy atom. The van der Waals surface area contributed by atoms with Crippen LogP contribution in [-0.4, -0.2) is 12.6 Å². The van der Waals surface area contributed by atoms with Crippen molar-refractivity contribution in [3.63, 3.8) is 0 Å². The summed E-state index contributed by atoms with van der Waals surface area (Å²) in [6.45, 7) is 5.37. The summed E-state index contributed by atoms with van der Waals surface area (Å²) >= 11 is 0. The van der Waals surface area contributed by atoms with E-state index in [1.807, 2.05) is 6.20 Å². The summed E-state index contributed by atoms with van der Waals surface area (Å²) < 4.78 is 0. The molecule has 1 aliphatic rings. The number of anilines is 1. The lowest BCUT2D eigenvalue weighted by Crippen LogP contribution is -2.38. The van der Waals surface area contributed by atoms with Gasteiger partial charge in [-0.3, -0.25) is 0 Å². The summed E-state index contributed by atoms with van der Waals surface area (Å²) in [4.78, 5) is 2.29. The molecular weight excluding hydrogens is 172 g/mol. The van der Waals surface area contributed by atoms with E-state index in [1.54, 1.807) is 0 Å². The first kappa shape index (κ1) is 9.13. The van der Waals surface area contributed by atoms with Crippen molar-refractivity contribution in [1.29, 1.82) is 0 Å². The standard InChI is InChI=1S/C12H16N2/c1-10-5-3-4-6-12(10)14-8-7-13-11(2)9-14/h3-8,11,13H,9H2,1-2H3/t11-/m0/s1. The molecule has 0 spiro atoms. The van der Waals surface area contributed by atoms with Crippen molar-refractivity contribution in [1.82, 2.24) is 5.32 Å². The van der Waals surface area contributed by atoms with Gasteiger partial charge < -0.3 is 10.2 Å². The van der Waals surface area contributed by atoms with Gasteiger partial charge in [0.05, 0.1) is 0 Å². The maximum Gasteiger partial charge on any atom is 0.0437 e. The molecule has 1 aromatic rings. The van der Waals surface area contributed by atoms with Crippen LogP contribution in [0.4, 0.5) is 5.69 Å². The van der Waals surface area contributed by atoms with Crippen LogP contribution >= 0.6 is 0 Å². The van der Waals surface area contributed by atoms with Crippen molar-refractivity contribution in [3.8, 4) is 0 Å². The van der Waals surface area contributed by atoms with Crippen LogP contribution in [0.5, 0.6) is 0 Å². The minimum Gasteiger partial charge on any atom is -0.385 e. The van der Waals surface area contributed by atoms with Gasteiger partial charge in [0.25, 0.3) is 0 Å². The number of para-hydroxylation sites is 1. The molecule has 2 nitrogen and oxygen atoms in total. The minimum absolute atomic E-state index is 0.514. The lowest BCUT2D eigenvalue weighted by molar-refractivity contribution is 0.612. The maximum atomic E-state index is 3.28. The van der Waals surface area contributed by atoms with Gasteiger partial charge in [0.15, 0.2) is 0 Å². The van der Waals surface area contributed by atoms with Crippen molar-refractivity contribution in [2.45, 2.75) is 19.9 Å². The van der Waals surface area contributed by atoms with Gasteiger partial charge in [-0.25, -0.2) is 0 Å². The van der Waals surface area contributed by atoms with Crippen LogP contribution in [0, 0.1) is 6.92 Å². The smallest absolute Gasteiger partial charge is 0.0437 e. The van der Waals surface area contributed by atoms with E-state index >= 15 is 0 Å². The van der Waals surface area contributed by atoms with Crippen LogP contribution in [0.25, 0.3) is 0 Å². The quantitative estimate of drug-likeness (QED) is 0.727. The predicted molar refractivity (Wildman–Crippen MR) is 60.3 cm³/mol. The van der Waals surface area contributed by atoms with Gasteiger partial charge in [-0.1, -0.05) is 18.2 Å². The number of nitrogens with zero attached hydrogens (tertiary/aromatic N) is 1.